The lowest BCUT2D eigenvalue weighted by Gasteiger charge is -2.26. The van der Waals surface area contributed by atoms with Crippen LogP contribution in [0, 0.1) is 0 Å². The molecule has 1 aromatic rings. The quantitative estimate of drug-likeness (QED) is 0.818. The maximum atomic E-state index is 10.5. The fraction of sp³-hybridized carbons (Fsp3) is 0.533. The lowest BCUT2D eigenvalue weighted by Crippen LogP contribution is -2.36. The summed E-state index contributed by atoms with van der Waals surface area (Å²) >= 11 is 1.71. The van der Waals surface area contributed by atoms with E-state index in [-0.39, 0.29) is 0 Å². The number of carboxylic acids is 1. The fourth-order valence-electron chi connectivity index (χ4n) is 2.67. The molecule has 0 saturated carbocycles. The number of hydrogen-bond donors (Lipinski definition) is 1. The molecule has 0 bridgehead atoms. The zero-order chi connectivity index (χ0) is 14.5. The van der Waals surface area contributed by atoms with Crippen molar-refractivity contribution < 1.29 is 9.90 Å². The van der Waals surface area contributed by atoms with Crippen molar-refractivity contribution in [2.75, 3.05) is 27.2 Å². The van der Waals surface area contributed by atoms with Crippen LogP contribution in [-0.2, 0) is 11.3 Å². The lowest BCUT2D eigenvalue weighted by atomic mass is 10.2. The summed E-state index contributed by atoms with van der Waals surface area (Å²) in [5.74, 6) is -0.900. The van der Waals surface area contributed by atoms with Gasteiger partial charge in [0.15, 0.2) is 0 Å². The van der Waals surface area contributed by atoms with Crippen LogP contribution in [0.4, 0.5) is 0 Å². The number of carbonyl (C=O) groups is 1. The van der Waals surface area contributed by atoms with Crippen molar-refractivity contribution >= 4 is 23.4 Å². The van der Waals surface area contributed by atoms with Crippen LogP contribution in [0.25, 0.3) is 6.08 Å². The first-order chi connectivity index (χ1) is 9.54. The van der Waals surface area contributed by atoms with E-state index < -0.39 is 5.97 Å². The summed E-state index contributed by atoms with van der Waals surface area (Å²) in [6.45, 7) is 3.25. The number of rotatable bonds is 6. The van der Waals surface area contributed by atoms with Crippen molar-refractivity contribution in [3.8, 4) is 0 Å². The Morgan fingerprint density at radius 1 is 1.60 bits per heavy atom. The van der Waals surface area contributed by atoms with Gasteiger partial charge in [-0.3, -0.25) is 4.90 Å². The summed E-state index contributed by atoms with van der Waals surface area (Å²) in [7, 11) is 4.24. The Balaban J connectivity index is 1.94. The molecule has 0 aromatic carbocycles. The van der Waals surface area contributed by atoms with E-state index in [1.807, 2.05) is 5.38 Å². The van der Waals surface area contributed by atoms with Crippen LogP contribution in [0.5, 0.6) is 0 Å². The number of hydrogen-bond acceptors (Lipinski definition) is 4. The molecule has 1 N–H and O–H groups in total. The molecular formula is C15H22N2O2S. The Morgan fingerprint density at radius 2 is 2.40 bits per heavy atom. The molecule has 1 aromatic heterocycles. The molecule has 4 nitrogen and oxygen atoms in total. The molecule has 20 heavy (non-hydrogen) atoms. The van der Waals surface area contributed by atoms with E-state index in [1.165, 1.54) is 23.8 Å². The molecule has 110 valence electrons. The normalized spacial score (nSPS) is 20.2. The molecule has 0 amide bonds. The number of thiophene rings is 1. The summed E-state index contributed by atoms with van der Waals surface area (Å²) in [6, 6.07) is 2.74. The number of likely N-dealkylation sites (tertiary alicyclic amines) is 1. The monoisotopic (exact) mass is 294 g/mol. The van der Waals surface area contributed by atoms with Crippen molar-refractivity contribution in [3.05, 3.63) is 28.0 Å². The molecule has 1 aliphatic heterocycles. The third kappa shape index (κ3) is 4.44. The van der Waals surface area contributed by atoms with E-state index in [4.69, 9.17) is 5.11 Å². The molecule has 1 saturated heterocycles. The van der Waals surface area contributed by atoms with E-state index in [9.17, 15) is 4.79 Å². The van der Waals surface area contributed by atoms with Crippen molar-refractivity contribution in [2.24, 2.45) is 0 Å². The number of carboxylic acid groups (broad SMARTS) is 1. The molecule has 1 aliphatic rings. The number of aliphatic carboxylic acids is 1. The van der Waals surface area contributed by atoms with Crippen molar-refractivity contribution in [1.29, 1.82) is 0 Å². The molecule has 1 atom stereocenters. The number of likely N-dealkylation sites (N-methyl/N-ethyl adjacent to an activating group) is 1. The first-order valence-corrected chi connectivity index (χ1v) is 7.80. The van der Waals surface area contributed by atoms with Crippen LogP contribution in [0.1, 0.15) is 23.3 Å². The number of nitrogens with zero attached hydrogens (tertiary/aromatic N) is 2. The van der Waals surface area contributed by atoms with Crippen LogP contribution >= 0.6 is 11.3 Å². The fourth-order valence-corrected chi connectivity index (χ4v) is 3.55. The van der Waals surface area contributed by atoms with Gasteiger partial charge in [-0.2, -0.15) is 0 Å². The minimum Gasteiger partial charge on any atom is -0.478 e. The second-order valence-corrected chi connectivity index (χ2v) is 6.54. The lowest BCUT2D eigenvalue weighted by molar-refractivity contribution is -0.131. The minimum atomic E-state index is -0.900. The largest absolute Gasteiger partial charge is 0.478 e. The third-order valence-electron chi connectivity index (χ3n) is 3.53. The van der Waals surface area contributed by atoms with Gasteiger partial charge in [0, 0.05) is 30.1 Å². The third-order valence-corrected chi connectivity index (χ3v) is 4.47. The zero-order valence-corrected chi connectivity index (χ0v) is 12.9. The van der Waals surface area contributed by atoms with Crippen LogP contribution < -0.4 is 0 Å². The molecule has 0 aliphatic carbocycles. The summed E-state index contributed by atoms with van der Waals surface area (Å²) in [6.07, 6.45) is 5.39. The van der Waals surface area contributed by atoms with Gasteiger partial charge in [0.1, 0.15) is 0 Å². The van der Waals surface area contributed by atoms with Gasteiger partial charge in [-0.05, 0) is 56.6 Å². The maximum Gasteiger partial charge on any atom is 0.328 e. The summed E-state index contributed by atoms with van der Waals surface area (Å²) in [4.78, 5) is 16.6. The Bertz CT molecular complexity index is 482. The predicted octanol–water partition coefficient (Wildman–Crippen LogP) is 2.37. The first kappa shape index (κ1) is 15.2. The second-order valence-electron chi connectivity index (χ2n) is 5.55. The SMILES string of the molecule is CN(C)CC1CCCN1Cc1cc(C=CC(=O)O)cs1. The van der Waals surface area contributed by atoms with Gasteiger partial charge < -0.3 is 10.0 Å². The van der Waals surface area contributed by atoms with Gasteiger partial charge >= 0.3 is 5.97 Å². The van der Waals surface area contributed by atoms with Gasteiger partial charge in [-0.15, -0.1) is 11.3 Å². The van der Waals surface area contributed by atoms with Crippen molar-refractivity contribution in [1.82, 2.24) is 9.80 Å². The molecule has 1 unspecified atom stereocenters. The van der Waals surface area contributed by atoms with Crippen molar-refractivity contribution in [2.45, 2.75) is 25.4 Å². The van der Waals surface area contributed by atoms with Crippen LogP contribution in [0.2, 0.25) is 0 Å². The highest BCUT2D eigenvalue weighted by Gasteiger charge is 2.25. The Labute approximate surface area is 124 Å². The van der Waals surface area contributed by atoms with Crippen LogP contribution in [0.3, 0.4) is 0 Å². The highest BCUT2D eigenvalue weighted by molar-refractivity contribution is 7.10. The van der Waals surface area contributed by atoms with E-state index in [0.29, 0.717) is 6.04 Å². The topological polar surface area (TPSA) is 43.8 Å². The average Bonchev–Trinajstić information content (AvgIpc) is 2.97. The van der Waals surface area contributed by atoms with Crippen LogP contribution in [0.15, 0.2) is 17.5 Å². The van der Waals surface area contributed by atoms with Crippen LogP contribution in [-0.4, -0.2) is 54.1 Å². The van der Waals surface area contributed by atoms with Crippen molar-refractivity contribution in [3.63, 3.8) is 0 Å². The standard InChI is InChI=1S/C15H22N2O2S/c1-16(2)9-13-4-3-7-17(13)10-14-8-12(11-20-14)5-6-15(18)19/h5-6,8,11,13H,3-4,7,9-10H2,1-2H3,(H,18,19). The smallest absolute Gasteiger partial charge is 0.328 e. The highest BCUT2D eigenvalue weighted by atomic mass is 32.1. The van der Waals surface area contributed by atoms with Gasteiger partial charge in [0.05, 0.1) is 0 Å². The maximum absolute atomic E-state index is 10.5. The highest BCUT2D eigenvalue weighted by Crippen LogP contribution is 2.24. The van der Waals surface area contributed by atoms with E-state index in [1.54, 1.807) is 17.4 Å². The zero-order valence-electron chi connectivity index (χ0n) is 12.1. The Morgan fingerprint density at radius 3 is 3.10 bits per heavy atom. The average molecular weight is 294 g/mol. The molecule has 2 rings (SSSR count). The molecular weight excluding hydrogens is 272 g/mol. The van der Waals surface area contributed by atoms with E-state index in [2.05, 4.69) is 30.0 Å². The molecule has 5 heteroatoms. The molecule has 2 heterocycles. The van der Waals surface area contributed by atoms with E-state index >= 15 is 0 Å². The van der Waals surface area contributed by atoms with Gasteiger partial charge in [-0.1, -0.05) is 0 Å². The molecule has 1 fully saturated rings. The minimum absolute atomic E-state index is 0.644. The predicted molar refractivity (Wildman–Crippen MR) is 83.0 cm³/mol. The Hall–Kier alpha value is -1.17. The van der Waals surface area contributed by atoms with Gasteiger partial charge in [0.2, 0.25) is 0 Å². The summed E-state index contributed by atoms with van der Waals surface area (Å²) < 4.78 is 0. The second kappa shape index (κ2) is 7.02. The van der Waals surface area contributed by atoms with Gasteiger partial charge in [-0.25, -0.2) is 4.79 Å². The molecule has 0 spiro atoms. The Kier molecular flexibility index (Phi) is 5.34. The first-order valence-electron chi connectivity index (χ1n) is 6.92. The summed E-state index contributed by atoms with van der Waals surface area (Å²) in [5.41, 5.74) is 0.982. The summed E-state index contributed by atoms with van der Waals surface area (Å²) in [5, 5.41) is 10.7. The molecule has 0 radical (unpaired) electrons. The van der Waals surface area contributed by atoms with E-state index in [0.717, 1.165) is 25.2 Å². The van der Waals surface area contributed by atoms with Gasteiger partial charge in [0.25, 0.3) is 0 Å².